The first-order valence-electron chi connectivity index (χ1n) is 9.19. The Kier molecular flexibility index (Phi) is 5.85. The molecule has 0 saturated carbocycles. The quantitative estimate of drug-likeness (QED) is 0.466. The number of anilines is 1. The Balaban J connectivity index is 1.62. The predicted molar refractivity (Wildman–Crippen MR) is 114 cm³/mol. The number of thioether (sulfide) groups is 1. The standard InChI is InChI=1S/C22H18FN5OS/c1-28-20(16-11-13-24-14-12-16)26-27-22(28)30-19(15-5-3-2-4-6-15)21(29)25-18-9-7-17(23)8-10-18/h2-14,19H,1H3,(H,25,29)/t19-/m1/s1. The molecule has 2 aromatic carbocycles. The van der Waals surface area contributed by atoms with Gasteiger partial charge in [-0.3, -0.25) is 9.78 Å². The summed E-state index contributed by atoms with van der Waals surface area (Å²) in [5, 5.41) is 11.5. The number of hydrogen-bond donors (Lipinski definition) is 1. The van der Waals surface area contributed by atoms with Crippen molar-refractivity contribution in [2.75, 3.05) is 5.32 Å². The Morgan fingerprint density at radius 1 is 1.00 bits per heavy atom. The largest absolute Gasteiger partial charge is 0.325 e. The molecule has 4 rings (SSSR count). The summed E-state index contributed by atoms with van der Waals surface area (Å²) in [7, 11) is 1.86. The zero-order chi connectivity index (χ0) is 20.9. The van der Waals surface area contributed by atoms with Gasteiger partial charge in [-0.05, 0) is 42.0 Å². The Morgan fingerprint density at radius 2 is 1.70 bits per heavy atom. The minimum atomic E-state index is -0.565. The molecular formula is C22H18FN5OS. The third kappa shape index (κ3) is 4.38. The molecule has 1 N–H and O–H groups in total. The number of aromatic nitrogens is 4. The summed E-state index contributed by atoms with van der Waals surface area (Å²) in [6, 6.07) is 18.8. The van der Waals surface area contributed by atoms with Crippen LogP contribution in [0.3, 0.4) is 0 Å². The van der Waals surface area contributed by atoms with E-state index in [1.165, 1.54) is 36.0 Å². The van der Waals surface area contributed by atoms with Crippen LogP contribution in [0.2, 0.25) is 0 Å². The van der Waals surface area contributed by atoms with Crippen LogP contribution in [0, 0.1) is 5.82 Å². The van der Waals surface area contributed by atoms with Gasteiger partial charge in [-0.1, -0.05) is 42.1 Å². The number of nitrogens with one attached hydrogen (secondary N) is 1. The van der Waals surface area contributed by atoms with Crippen molar-refractivity contribution in [2.24, 2.45) is 7.05 Å². The van der Waals surface area contributed by atoms with E-state index in [2.05, 4.69) is 20.5 Å². The molecule has 0 fully saturated rings. The minimum Gasteiger partial charge on any atom is -0.325 e. The summed E-state index contributed by atoms with van der Waals surface area (Å²) < 4.78 is 15.0. The Hall–Kier alpha value is -3.52. The number of amides is 1. The molecule has 1 atom stereocenters. The number of hydrogen-bond acceptors (Lipinski definition) is 5. The summed E-state index contributed by atoms with van der Waals surface area (Å²) in [5.41, 5.74) is 2.24. The van der Waals surface area contributed by atoms with Gasteiger partial charge in [0, 0.05) is 30.7 Å². The van der Waals surface area contributed by atoms with Crippen molar-refractivity contribution >= 4 is 23.4 Å². The highest BCUT2D eigenvalue weighted by Gasteiger charge is 2.25. The van der Waals surface area contributed by atoms with E-state index in [4.69, 9.17) is 0 Å². The Morgan fingerprint density at radius 3 is 2.40 bits per heavy atom. The van der Waals surface area contributed by atoms with Gasteiger partial charge in [-0.2, -0.15) is 0 Å². The molecule has 6 nitrogen and oxygen atoms in total. The molecular weight excluding hydrogens is 401 g/mol. The summed E-state index contributed by atoms with van der Waals surface area (Å²) in [6.07, 6.45) is 3.39. The van der Waals surface area contributed by atoms with Crippen LogP contribution in [-0.4, -0.2) is 25.7 Å². The van der Waals surface area contributed by atoms with E-state index in [0.717, 1.165) is 11.1 Å². The third-order valence-corrected chi connectivity index (χ3v) is 5.74. The monoisotopic (exact) mass is 419 g/mol. The highest BCUT2D eigenvalue weighted by atomic mass is 32.2. The highest BCUT2D eigenvalue weighted by molar-refractivity contribution is 8.00. The van der Waals surface area contributed by atoms with E-state index in [9.17, 15) is 9.18 Å². The number of rotatable bonds is 6. The first-order valence-corrected chi connectivity index (χ1v) is 10.1. The SMILES string of the molecule is Cn1c(S[C@@H](C(=O)Nc2ccc(F)cc2)c2ccccc2)nnc1-c1ccncc1. The molecule has 0 bridgehead atoms. The Bertz CT molecular complexity index is 1130. The lowest BCUT2D eigenvalue weighted by Gasteiger charge is -2.16. The van der Waals surface area contributed by atoms with Gasteiger partial charge < -0.3 is 9.88 Å². The number of pyridine rings is 1. The molecule has 0 unspecified atom stereocenters. The van der Waals surface area contributed by atoms with Crippen LogP contribution in [0.15, 0.2) is 84.3 Å². The zero-order valence-electron chi connectivity index (χ0n) is 16.1. The van der Waals surface area contributed by atoms with Crippen molar-refractivity contribution < 1.29 is 9.18 Å². The van der Waals surface area contributed by atoms with Crippen LogP contribution in [0.5, 0.6) is 0 Å². The van der Waals surface area contributed by atoms with E-state index >= 15 is 0 Å². The second-order valence-corrected chi connectivity index (χ2v) is 7.58. The van der Waals surface area contributed by atoms with Gasteiger partial charge >= 0.3 is 0 Å². The maximum absolute atomic E-state index is 13.2. The van der Waals surface area contributed by atoms with E-state index < -0.39 is 5.25 Å². The number of carbonyl (C=O) groups excluding carboxylic acids is 1. The van der Waals surface area contributed by atoms with Crippen molar-refractivity contribution in [2.45, 2.75) is 10.4 Å². The maximum Gasteiger partial charge on any atom is 0.242 e. The fourth-order valence-corrected chi connectivity index (χ4v) is 3.92. The first kappa shape index (κ1) is 19.8. The second kappa shape index (κ2) is 8.87. The molecule has 0 aliphatic heterocycles. The number of benzene rings is 2. The van der Waals surface area contributed by atoms with Crippen molar-refractivity contribution in [3.63, 3.8) is 0 Å². The molecule has 0 aliphatic carbocycles. The molecule has 0 saturated heterocycles. The normalized spacial score (nSPS) is 11.8. The average Bonchev–Trinajstić information content (AvgIpc) is 3.15. The van der Waals surface area contributed by atoms with E-state index in [1.54, 1.807) is 12.4 Å². The summed E-state index contributed by atoms with van der Waals surface area (Å²) in [4.78, 5) is 17.1. The smallest absolute Gasteiger partial charge is 0.242 e. The number of carbonyl (C=O) groups is 1. The van der Waals surface area contributed by atoms with Crippen LogP contribution in [0.4, 0.5) is 10.1 Å². The summed E-state index contributed by atoms with van der Waals surface area (Å²) in [6.45, 7) is 0. The summed E-state index contributed by atoms with van der Waals surface area (Å²) >= 11 is 1.30. The van der Waals surface area contributed by atoms with Gasteiger partial charge in [0.2, 0.25) is 5.91 Å². The molecule has 4 aromatic rings. The molecule has 0 radical (unpaired) electrons. The number of halogens is 1. The highest BCUT2D eigenvalue weighted by Crippen LogP contribution is 2.36. The molecule has 8 heteroatoms. The second-order valence-electron chi connectivity index (χ2n) is 6.51. The van der Waals surface area contributed by atoms with Crippen LogP contribution < -0.4 is 5.32 Å². The van der Waals surface area contributed by atoms with Crippen LogP contribution in [0.1, 0.15) is 10.8 Å². The average molecular weight is 419 g/mol. The number of nitrogens with zero attached hydrogens (tertiary/aromatic N) is 4. The third-order valence-electron chi connectivity index (χ3n) is 4.45. The van der Waals surface area contributed by atoms with E-state index in [1.807, 2.05) is 54.1 Å². The van der Waals surface area contributed by atoms with Gasteiger partial charge in [0.05, 0.1) is 0 Å². The van der Waals surface area contributed by atoms with Gasteiger partial charge in [-0.25, -0.2) is 4.39 Å². The lowest BCUT2D eigenvalue weighted by atomic mass is 10.1. The Labute approximate surface area is 177 Å². The molecule has 0 spiro atoms. The fraction of sp³-hybridized carbons (Fsp3) is 0.0909. The zero-order valence-corrected chi connectivity index (χ0v) is 16.9. The first-order chi connectivity index (χ1) is 14.6. The molecule has 1 amide bonds. The van der Waals surface area contributed by atoms with Crippen molar-refractivity contribution in [3.05, 3.63) is 90.5 Å². The van der Waals surface area contributed by atoms with Gasteiger partial charge in [0.15, 0.2) is 11.0 Å². The van der Waals surface area contributed by atoms with E-state index in [0.29, 0.717) is 16.7 Å². The van der Waals surface area contributed by atoms with Gasteiger partial charge in [0.25, 0.3) is 0 Å². The van der Waals surface area contributed by atoms with Crippen LogP contribution in [0.25, 0.3) is 11.4 Å². The van der Waals surface area contributed by atoms with Crippen molar-refractivity contribution in [1.29, 1.82) is 0 Å². The lowest BCUT2D eigenvalue weighted by molar-refractivity contribution is -0.115. The van der Waals surface area contributed by atoms with E-state index in [-0.39, 0.29) is 11.7 Å². The van der Waals surface area contributed by atoms with Gasteiger partial charge in [0.1, 0.15) is 11.1 Å². The summed E-state index contributed by atoms with van der Waals surface area (Å²) in [5.74, 6) is 0.0987. The lowest BCUT2D eigenvalue weighted by Crippen LogP contribution is -2.19. The minimum absolute atomic E-state index is 0.230. The van der Waals surface area contributed by atoms with Crippen molar-refractivity contribution in [1.82, 2.24) is 19.7 Å². The topological polar surface area (TPSA) is 72.7 Å². The molecule has 0 aliphatic rings. The predicted octanol–water partition coefficient (Wildman–Crippen LogP) is 4.49. The van der Waals surface area contributed by atoms with Crippen LogP contribution in [-0.2, 0) is 11.8 Å². The molecule has 30 heavy (non-hydrogen) atoms. The molecule has 150 valence electrons. The maximum atomic E-state index is 13.2. The fourth-order valence-electron chi connectivity index (χ4n) is 2.92. The van der Waals surface area contributed by atoms with Gasteiger partial charge in [-0.15, -0.1) is 10.2 Å². The van der Waals surface area contributed by atoms with Crippen molar-refractivity contribution in [3.8, 4) is 11.4 Å². The molecule has 2 heterocycles. The molecule has 2 aromatic heterocycles. The van der Waals surface area contributed by atoms with Crippen LogP contribution >= 0.6 is 11.8 Å².